The van der Waals surface area contributed by atoms with Crippen molar-refractivity contribution in [3.8, 4) is 0 Å². The second-order valence-corrected chi connectivity index (χ2v) is 5.90. The van der Waals surface area contributed by atoms with Crippen LogP contribution in [0.15, 0.2) is 42.1 Å². The Morgan fingerprint density at radius 3 is 2.88 bits per heavy atom. The van der Waals surface area contributed by atoms with Crippen LogP contribution in [0.2, 0.25) is 0 Å². The molecule has 2 aromatic rings. The zero-order chi connectivity index (χ0) is 16.7. The van der Waals surface area contributed by atoms with E-state index in [0.717, 1.165) is 17.7 Å². The Labute approximate surface area is 139 Å². The van der Waals surface area contributed by atoms with Crippen LogP contribution in [0, 0.1) is 0 Å². The van der Waals surface area contributed by atoms with E-state index in [4.69, 9.17) is 4.74 Å². The standard InChI is InChI=1S/C19H16N2O3/c1-24-19(23)14-6-8-20-16-11-13(10-15(14)16)18(22)21-9-7-12-4-2-3-5-17(12)21/h2-6,8,11H,7,9-10H2,1H3. The number of ether oxygens (including phenoxy) is 1. The van der Waals surface area contributed by atoms with Gasteiger partial charge < -0.3 is 9.64 Å². The molecule has 1 aliphatic carbocycles. The summed E-state index contributed by atoms with van der Waals surface area (Å²) in [6.07, 6.45) is 4.63. The Bertz CT molecular complexity index is 886. The van der Waals surface area contributed by atoms with Gasteiger partial charge in [-0.1, -0.05) is 18.2 Å². The third kappa shape index (κ3) is 2.21. The summed E-state index contributed by atoms with van der Waals surface area (Å²) in [4.78, 5) is 30.9. The molecule has 0 unspecified atom stereocenters. The number of esters is 1. The summed E-state index contributed by atoms with van der Waals surface area (Å²) in [5.74, 6) is -0.420. The van der Waals surface area contributed by atoms with Gasteiger partial charge in [0.05, 0.1) is 18.4 Å². The number of hydrogen-bond donors (Lipinski definition) is 0. The number of amides is 1. The Kier molecular flexibility index (Phi) is 3.41. The fourth-order valence-electron chi connectivity index (χ4n) is 3.39. The maximum Gasteiger partial charge on any atom is 0.338 e. The number of fused-ring (bicyclic) bond motifs is 2. The maximum atomic E-state index is 12.9. The topological polar surface area (TPSA) is 59.5 Å². The van der Waals surface area contributed by atoms with E-state index in [2.05, 4.69) is 11.1 Å². The van der Waals surface area contributed by atoms with Crippen LogP contribution in [0.5, 0.6) is 0 Å². The Morgan fingerprint density at radius 1 is 1.21 bits per heavy atom. The van der Waals surface area contributed by atoms with Gasteiger partial charge in [0, 0.05) is 30.4 Å². The molecule has 0 radical (unpaired) electrons. The molecule has 0 fully saturated rings. The van der Waals surface area contributed by atoms with Crippen LogP contribution in [0.25, 0.3) is 6.08 Å². The molecule has 1 aromatic heterocycles. The van der Waals surface area contributed by atoms with Crippen LogP contribution in [-0.2, 0) is 22.4 Å². The first-order valence-corrected chi connectivity index (χ1v) is 7.85. The predicted octanol–water partition coefficient (Wildman–Crippen LogP) is 2.40. The number of benzene rings is 1. The Morgan fingerprint density at radius 2 is 2.04 bits per heavy atom. The van der Waals surface area contributed by atoms with Gasteiger partial charge in [0.15, 0.2) is 0 Å². The molecular formula is C19H16N2O3. The highest BCUT2D eigenvalue weighted by atomic mass is 16.5. The molecule has 2 aliphatic rings. The number of para-hydroxylation sites is 1. The van der Waals surface area contributed by atoms with E-state index in [0.29, 0.717) is 29.8 Å². The second-order valence-electron chi connectivity index (χ2n) is 5.90. The van der Waals surface area contributed by atoms with Crippen LogP contribution in [0.3, 0.4) is 0 Å². The second kappa shape index (κ2) is 5.60. The highest BCUT2D eigenvalue weighted by molar-refractivity contribution is 6.11. The molecule has 0 spiro atoms. The molecule has 0 saturated heterocycles. The van der Waals surface area contributed by atoms with Gasteiger partial charge in [-0.2, -0.15) is 0 Å². The van der Waals surface area contributed by atoms with Crippen molar-refractivity contribution in [2.45, 2.75) is 12.8 Å². The normalized spacial score (nSPS) is 14.9. The minimum atomic E-state index is -0.401. The lowest BCUT2D eigenvalue weighted by molar-refractivity contribution is -0.115. The Hall–Kier alpha value is -2.95. The summed E-state index contributed by atoms with van der Waals surface area (Å²) in [7, 11) is 1.35. The quantitative estimate of drug-likeness (QED) is 0.797. The number of carbonyl (C=O) groups excluding carboxylic acids is 2. The van der Waals surface area contributed by atoms with E-state index in [-0.39, 0.29) is 5.91 Å². The highest BCUT2D eigenvalue weighted by Crippen LogP contribution is 2.32. The number of nitrogens with zero attached hydrogens (tertiary/aromatic N) is 2. The van der Waals surface area contributed by atoms with Crippen LogP contribution in [-0.4, -0.2) is 30.5 Å². The van der Waals surface area contributed by atoms with Gasteiger partial charge >= 0.3 is 5.97 Å². The summed E-state index contributed by atoms with van der Waals surface area (Å²) in [6, 6.07) is 9.60. The SMILES string of the molecule is COC(=O)c1ccnc2c1CC(C(=O)N1CCc3ccccc31)=C2. The van der Waals surface area contributed by atoms with E-state index in [1.165, 1.54) is 12.7 Å². The average molecular weight is 320 g/mol. The molecule has 5 heteroatoms. The molecule has 0 N–H and O–H groups in total. The van der Waals surface area contributed by atoms with Crippen LogP contribution in [0.4, 0.5) is 5.69 Å². The third-order valence-corrected chi connectivity index (χ3v) is 4.58. The zero-order valence-electron chi connectivity index (χ0n) is 13.3. The van der Waals surface area contributed by atoms with E-state index >= 15 is 0 Å². The van der Waals surface area contributed by atoms with E-state index in [1.54, 1.807) is 18.3 Å². The van der Waals surface area contributed by atoms with Gasteiger partial charge in [0.25, 0.3) is 5.91 Å². The molecule has 0 atom stereocenters. The predicted molar refractivity (Wildman–Crippen MR) is 89.8 cm³/mol. The van der Waals surface area contributed by atoms with Crippen molar-refractivity contribution in [2.75, 3.05) is 18.6 Å². The van der Waals surface area contributed by atoms with Crippen molar-refractivity contribution in [3.05, 3.63) is 64.5 Å². The lowest BCUT2D eigenvalue weighted by Crippen LogP contribution is -2.30. The van der Waals surface area contributed by atoms with Crippen molar-refractivity contribution < 1.29 is 14.3 Å². The molecule has 24 heavy (non-hydrogen) atoms. The van der Waals surface area contributed by atoms with Crippen molar-refractivity contribution in [1.29, 1.82) is 0 Å². The molecular weight excluding hydrogens is 304 g/mol. The smallest absolute Gasteiger partial charge is 0.338 e. The number of rotatable bonds is 2. The van der Waals surface area contributed by atoms with Crippen LogP contribution in [0.1, 0.15) is 27.2 Å². The first kappa shape index (κ1) is 14.6. The Balaban J connectivity index is 1.64. The van der Waals surface area contributed by atoms with E-state index < -0.39 is 5.97 Å². The summed E-state index contributed by atoms with van der Waals surface area (Å²) in [5, 5.41) is 0. The highest BCUT2D eigenvalue weighted by Gasteiger charge is 2.30. The fraction of sp³-hybridized carbons (Fsp3) is 0.211. The van der Waals surface area contributed by atoms with Gasteiger partial charge in [-0.3, -0.25) is 9.78 Å². The number of anilines is 1. The van der Waals surface area contributed by atoms with Crippen molar-refractivity contribution in [1.82, 2.24) is 4.98 Å². The summed E-state index contributed by atoms with van der Waals surface area (Å²) >= 11 is 0. The van der Waals surface area contributed by atoms with E-state index in [9.17, 15) is 9.59 Å². The molecule has 1 aromatic carbocycles. The minimum Gasteiger partial charge on any atom is -0.465 e. The number of pyridine rings is 1. The monoisotopic (exact) mass is 320 g/mol. The molecule has 2 heterocycles. The van der Waals surface area contributed by atoms with Crippen molar-refractivity contribution >= 4 is 23.6 Å². The van der Waals surface area contributed by atoms with Crippen LogP contribution >= 0.6 is 0 Å². The molecule has 4 rings (SSSR count). The molecule has 1 amide bonds. The van der Waals surface area contributed by atoms with Gasteiger partial charge in [0.2, 0.25) is 0 Å². The molecule has 5 nitrogen and oxygen atoms in total. The van der Waals surface area contributed by atoms with Crippen molar-refractivity contribution in [2.24, 2.45) is 0 Å². The summed E-state index contributed by atoms with van der Waals surface area (Å²) in [5.41, 5.74) is 4.73. The number of carbonyl (C=O) groups is 2. The number of methoxy groups -OCH3 is 1. The maximum absolute atomic E-state index is 12.9. The van der Waals surface area contributed by atoms with Gasteiger partial charge in [-0.25, -0.2) is 4.79 Å². The first-order chi connectivity index (χ1) is 11.7. The largest absolute Gasteiger partial charge is 0.465 e. The lowest BCUT2D eigenvalue weighted by Gasteiger charge is -2.18. The average Bonchev–Trinajstić information content (AvgIpc) is 3.24. The molecule has 0 bridgehead atoms. The number of aromatic nitrogens is 1. The third-order valence-electron chi connectivity index (χ3n) is 4.58. The summed E-state index contributed by atoms with van der Waals surface area (Å²) in [6.45, 7) is 0.684. The molecule has 0 saturated carbocycles. The lowest BCUT2D eigenvalue weighted by atomic mass is 10.1. The van der Waals surface area contributed by atoms with Gasteiger partial charge in [-0.15, -0.1) is 0 Å². The van der Waals surface area contributed by atoms with Gasteiger partial charge in [0.1, 0.15) is 0 Å². The van der Waals surface area contributed by atoms with E-state index in [1.807, 2.05) is 23.1 Å². The van der Waals surface area contributed by atoms with Gasteiger partial charge in [-0.05, 0) is 35.8 Å². The molecule has 120 valence electrons. The zero-order valence-corrected chi connectivity index (χ0v) is 13.3. The summed E-state index contributed by atoms with van der Waals surface area (Å²) < 4.78 is 4.82. The number of hydrogen-bond acceptors (Lipinski definition) is 4. The minimum absolute atomic E-state index is 0.0197. The molecule has 1 aliphatic heterocycles. The first-order valence-electron chi connectivity index (χ1n) is 7.85. The fourth-order valence-corrected chi connectivity index (χ4v) is 3.39. The van der Waals surface area contributed by atoms with Crippen LogP contribution < -0.4 is 4.90 Å². The van der Waals surface area contributed by atoms with Crippen molar-refractivity contribution in [3.63, 3.8) is 0 Å².